The number of rotatable bonds is 7. The van der Waals surface area contributed by atoms with Crippen LogP contribution in [0.2, 0.25) is 0 Å². The lowest BCUT2D eigenvalue weighted by molar-refractivity contribution is -0.0499. The molecule has 0 spiro atoms. The summed E-state index contributed by atoms with van der Waals surface area (Å²) in [7, 11) is 1.45. The van der Waals surface area contributed by atoms with E-state index in [1.165, 1.54) is 25.5 Å². The molecular formula is C18H18F2N2O3. The lowest BCUT2D eigenvalue weighted by atomic mass is 10.1. The average molecular weight is 348 g/mol. The molecule has 2 aromatic carbocycles. The summed E-state index contributed by atoms with van der Waals surface area (Å²) in [5.41, 5.74) is 1.93. The minimum atomic E-state index is -2.89. The molecule has 2 rings (SSSR count). The van der Waals surface area contributed by atoms with E-state index in [1.807, 2.05) is 0 Å². The number of nitrogens with zero attached hydrogens (tertiary/aromatic N) is 1. The van der Waals surface area contributed by atoms with E-state index in [1.54, 1.807) is 43.3 Å². The molecule has 7 heteroatoms. The molecule has 0 bridgehead atoms. The van der Waals surface area contributed by atoms with Crippen LogP contribution in [0, 0.1) is 0 Å². The molecular weight excluding hydrogens is 330 g/mol. The highest BCUT2D eigenvalue weighted by Gasteiger charge is 2.13. The van der Waals surface area contributed by atoms with Crippen molar-refractivity contribution < 1.29 is 23.1 Å². The first kappa shape index (κ1) is 18.4. The number of alkyl halides is 2. The number of benzene rings is 2. The predicted molar refractivity (Wildman–Crippen MR) is 90.0 cm³/mol. The van der Waals surface area contributed by atoms with Crippen LogP contribution in [0.4, 0.5) is 8.78 Å². The summed E-state index contributed by atoms with van der Waals surface area (Å²) in [6, 6.07) is 12.7. The minimum Gasteiger partial charge on any atom is -0.435 e. The van der Waals surface area contributed by atoms with E-state index in [-0.39, 0.29) is 17.7 Å². The van der Waals surface area contributed by atoms with Crippen molar-refractivity contribution in [3.63, 3.8) is 0 Å². The van der Waals surface area contributed by atoms with Gasteiger partial charge in [0.2, 0.25) is 0 Å². The summed E-state index contributed by atoms with van der Waals surface area (Å²) >= 11 is 0. The van der Waals surface area contributed by atoms with Crippen molar-refractivity contribution in [2.24, 2.45) is 5.16 Å². The van der Waals surface area contributed by atoms with Gasteiger partial charge < -0.3 is 14.9 Å². The molecule has 132 valence electrons. The van der Waals surface area contributed by atoms with Crippen LogP contribution in [0.25, 0.3) is 0 Å². The van der Waals surface area contributed by atoms with Crippen LogP contribution in [-0.4, -0.2) is 25.8 Å². The Labute approximate surface area is 144 Å². The van der Waals surface area contributed by atoms with Crippen molar-refractivity contribution in [1.82, 2.24) is 5.32 Å². The van der Waals surface area contributed by atoms with E-state index in [0.717, 1.165) is 5.56 Å². The molecule has 0 heterocycles. The number of oxime groups is 1. The van der Waals surface area contributed by atoms with E-state index >= 15 is 0 Å². The Morgan fingerprint density at radius 2 is 1.92 bits per heavy atom. The number of carbonyl (C=O) groups is 1. The molecule has 25 heavy (non-hydrogen) atoms. The van der Waals surface area contributed by atoms with Gasteiger partial charge in [0, 0.05) is 5.56 Å². The minimum absolute atomic E-state index is 0.0513. The highest BCUT2D eigenvalue weighted by Crippen LogP contribution is 2.21. The molecule has 0 aliphatic rings. The third-order valence-corrected chi connectivity index (χ3v) is 3.41. The average Bonchev–Trinajstić information content (AvgIpc) is 2.60. The molecule has 0 saturated heterocycles. The number of amides is 1. The fourth-order valence-corrected chi connectivity index (χ4v) is 2.16. The maximum atomic E-state index is 12.3. The molecule has 2 aromatic rings. The van der Waals surface area contributed by atoms with Crippen molar-refractivity contribution in [3.05, 3.63) is 65.2 Å². The Morgan fingerprint density at radius 1 is 1.20 bits per heavy atom. The van der Waals surface area contributed by atoms with Crippen molar-refractivity contribution in [3.8, 4) is 5.75 Å². The van der Waals surface area contributed by atoms with Crippen LogP contribution in [-0.2, 0) is 4.84 Å². The van der Waals surface area contributed by atoms with E-state index in [4.69, 9.17) is 0 Å². The Morgan fingerprint density at radius 3 is 2.56 bits per heavy atom. The van der Waals surface area contributed by atoms with Crippen molar-refractivity contribution >= 4 is 12.1 Å². The largest absolute Gasteiger partial charge is 0.435 e. The third-order valence-electron chi connectivity index (χ3n) is 3.41. The van der Waals surface area contributed by atoms with Gasteiger partial charge in [-0.1, -0.05) is 29.4 Å². The monoisotopic (exact) mass is 348 g/mol. The summed E-state index contributed by atoms with van der Waals surface area (Å²) in [5.74, 6) is -0.224. The maximum Gasteiger partial charge on any atom is 0.387 e. The smallest absolute Gasteiger partial charge is 0.387 e. The van der Waals surface area contributed by atoms with Crippen molar-refractivity contribution in [2.45, 2.75) is 19.6 Å². The van der Waals surface area contributed by atoms with Gasteiger partial charge >= 0.3 is 6.61 Å². The van der Waals surface area contributed by atoms with Gasteiger partial charge in [-0.15, -0.1) is 0 Å². The van der Waals surface area contributed by atoms with E-state index < -0.39 is 6.61 Å². The Bertz CT molecular complexity index is 733. The molecule has 5 nitrogen and oxygen atoms in total. The van der Waals surface area contributed by atoms with Gasteiger partial charge in [-0.05, 0) is 42.3 Å². The van der Waals surface area contributed by atoms with Crippen LogP contribution in [0.1, 0.15) is 34.5 Å². The molecule has 0 aliphatic carbocycles. The molecule has 1 amide bonds. The van der Waals surface area contributed by atoms with Gasteiger partial charge in [0.1, 0.15) is 12.9 Å². The highest BCUT2D eigenvalue weighted by molar-refractivity contribution is 5.95. The SMILES string of the molecule is CO/N=C/c1ccc(C(=O)NC(C)c2cccc(OC(F)F)c2)cc1. The second kappa shape index (κ2) is 8.77. The maximum absolute atomic E-state index is 12.3. The zero-order valence-electron chi connectivity index (χ0n) is 13.8. The Kier molecular flexibility index (Phi) is 6.45. The van der Waals surface area contributed by atoms with Gasteiger partial charge in [0.15, 0.2) is 0 Å². The van der Waals surface area contributed by atoms with Crippen molar-refractivity contribution in [1.29, 1.82) is 0 Å². The zero-order chi connectivity index (χ0) is 18.2. The fourth-order valence-electron chi connectivity index (χ4n) is 2.16. The number of ether oxygens (including phenoxy) is 1. The molecule has 0 aliphatic heterocycles. The number of hydrogen-bond donors (Lipinski definition) is 1. The van der Waals surface area contributed by atoms with E-state index in [9.17, 15) is 13.6 Å². The first-order valence-corrected chi connectivity index (χ1v) is 7.52. The summed E-state index contributed by atoms with van der Waals surface area (Å²) in [6.07, 6.45) is 1.53. The van der Waals surface area contributed by atoms with Crippen LogP contribution in [0.5, 0.6) is 5.75 Å². The molecule has 0 saturated carbocycles. The summed E-state index contributed by atoms with van der Waals surface area (Å²) in [4.78, 5) is 16.9. The number of carbonyl (C=O) groups excluding carboxylic acids is 1. The van der Waals surface area contributed by atoms with Crippen molar-refractivity contribution in [2.75, 3.05) is 7.11 Å². The molecule has 0 fully saturated rings. The molecule has 1 N–H and O–H groups in total. The highest BCUT2D eigenvalue weighted by atomic mass is 19.3. The van der Waals surface area contributed by atoms with Gasteiger partial charge in [0.05, 0.1) is 12.3 Å². The topological polar surface area (TPSA) is 59.9 Å². The van der Waals surface area contributed by atoms with Gasteiger partial charge in [-0.25, -0.2) is 0 Å². The molecule has 1 atom stereocenters. The lowest BCUT2D eigenvalue weighted by Gasteiger charge is -2.15. The van der Waals surface area contributed by atoms with Crippen LogP contribution < -0.4 is 10.1 Å². The fraction of sp³-hybridized carbons (Fsp3) is 0.222. The molecule has 0 radical (unpaired) electrons. The normalized spacial score (nSPS) is 12.2. The van der Waals surface area contributed by atoms with Gasteiger partial charge in [-0.2, -0.15) is 8.78 Å². The van der Waals surface area contributed by atoms with Gasteiger partial charge in [-0.3, -0.25) is 4.79 Å². The lowest BCUT2D eigenvalue weighted by Crippen LogP contribution is -2.26. The number of halogens is 2. The van der Waals surface area contributed by atoms with Crippen LogP contribution in [0.3, 0.4) is 0 Å². The number of nitrogens with one attached hydrogen (secondary N) is 1. The van der Waals surface area contributed by atoms with E-state index in [0.29, 0.717) is 11.1 Å². The third kappa shape index (κ3) is 5.56. The van der Waals surface area contributed by atoms with Crippen LogP contribution in [0.15, 0.2) is 53.7 Å². The first-order chi connectivity index (χ1) is 12.0. The quantitative estimate of drug-likeness (QED) is 0.612. The van der Waals surface area contributed by atoms with Gasteiger partial charge in [0.25, 0.3) is 5.91 Å². The zero-order valence-corrected chi connectivity index (χ0v) is 13.8. The second-order valence-electron chi connectivity index (χ2n) is 5.19. The molecule has 0 aromatic heterocycles. The first-order valence-electron chi connectivity index (χ1n) is 7.52. The standard InChI is InChI=1S/C18H18F2N2O3/c1-12(15-4-3-5-16(10-15)25-18(19)20)22-17(23)14-8-6-13(7-9-14)11-21-24-2/h3-12,18H,1-2H3,(H,22,23)/b21-11+. The Balaban J connectivity index is 2.03. The Hall–Kier alpha value is -2.96. The predicted octanol–water partition coefficient (Wildman–Crippen LogP) is 3.76. The van der Waals surface area contributed by atoms with E-state index in [2.05, 4.69) is 20.0 Å². The number of hydrogen-bond acceptors (Lipinski definition) is 4. The second-order valence-corrected chi connectivity index (χ2v) is 5.19. The summed E-state index contributed by atoms with van der Waals surface area (Å²) in [5, 5.41) is 6.46. The summed E-state index contributed by atoms with van der Waals surface area (Å²) < 4.78 is 28.9. The van der Waals surface area contributed by atoms with Crippen LogP contribution >= 0.6 is 0 Å². The molecule has 1 unspecified atom stereocenters. The summed E-state index contributed by atoms with van der Waals surface area (Å²) in [6.45, 7) is -1.13.